The Hall–Kier alpha value is -1.55. The van der Waals surface area contributed by atoms with Crippen LogP contribution in [0.1, 0.15) is 25.8 Å². The predicted octanol–water partition coefficient (Wildman–Crippen LogP) is 2.21. The highest BCUT2D eigenvalue weighted by atomic mass is 35.5. The number of piperazine rings is 1. The lowest BCUT2D eigenvalue weighted by Crippen LogP contribution is -2.60. The summed E-state index contributed by atoms with van der Waals surface area (Å²) in [6, 6.07) is 6.99. The van der Waals surface area contributed by atoms with Crippen molar-refractivity contribution < 1.29 is 9.59 Å². The van der Waals surface area contributed by atoms with Gasteiger partial charge in [0.05, 0.1) is 6.54 Å². The number of carbonyl (C=O) groups excluding carboxylic acids is 2. The molecule has 4 nitrogen and oxygen atoms in total. The minimum Gasteiger partial charge on any atom is -0.345 e. The van der Waals surface area contributed by atoms with Crippen molar-refractivity contribution in [1.29, 1.82) is 0 Å². The maximum atomic E-state index is 12.1. The molecular formula is C15H19ClN2O2. The zero-order valence-corrected chi connectivity index (χ0v) is 12.5. The van der Waals surface area contributed by atoms with Crippen LogP contribution >= 0.6 is 11.6 Å². The van der Waals surface area contributed by atoms with Crippen LogP contribution in [-0.4, -0.2) is 29.3 Å². The van der Waals surface area contributed by atoms with Gasteiger partial charge in [-0.1, -0.05) is 44.0 Å². The first-order valence-electron chi connectivity index (χ1n) is 6.84. The zero-order chi connectivity index (χ0) is 14.7. The molecule has 2 rings (SSSR count). The lowest BCUT2D eigenvalue weighted by molar-refractivity contribution is -0.148. The van der Waals surface area contributed by atoms with Gasteiger partial charge in [0.25, 0.3) is 0 Å². The van der Waals surface area contributed by atoms with Gasteiger partial charge in [0, 0.05) is 11.6 Å². The average molecular weight is 295 g/mol. The van der Waals surface area contributed by atoms with E-state index >= 15 is 0 Å². The molecular weight excluding hydrogens is 276 g/mol. The molecule has 1 fully saturated rings. The normalized spacial score (nSPS) is 20.8. The van der Waals surface area contributed by atoms with Gasteiger partial charge in [-0.05, 0) is 23.6 Å². The number of rotatable bonds is 4. The number of benzene rings is 1. The zero-order valence-electron chi connectivity index (χ0n) is 11.7. The molecule has 0 spiro atoms. The SMILES string of the molecule is CCC(C)C1C(=O)NCC(=O)N1Cc1cccc(Cl)c1. The van der Waals surface area contributed by atoms with Crippen LogP contribution in [0.4, 0.5) is 0 Å². The highest BCUT2D eigenvalue weighted by Gasteiger charge is 2.37. The summed E-state index contributed by atoms with van der Waals surface area (Å²) in [5.74, 6) is 0.00860. The van der Waals surface area contributed by atoms with Gasteiger partial charge < -0.3 is 10.2 Å². The Bertz CT molecular complexity index is 518. The first-order valence-corrected chi connectivity index (χ1v) is 7.22. The first kappa shape index (κ1) is 14.9. The third kappa shape index (κ3) is 3.12. The third-order valence-electron chi connectivity index (χ3n) is 3.76. The minimum atomic E-state index is -0.403. The maximum absolute atomic E-state index is 12.1. The Morgan fingerprint density at radius 1 is 1.45 bits per heavy atom. The molecule has 2 amide bonds. The topological polar surface area (TPSA) is 49.4 Å². The van der Waals surface area contributed by atoms with Gasteiger partial charge in [-0.25, -0.2) is 0 Å². The summed E-state index contributed by atoms with van der Waals surface area (Å²) < 4.78 is 0. The van der Waals surface area contributed by atoms with Crippen molar-refractivity contribution in [3.8, 4) is 0 Å². The second-order valence-corrected chi connectivity index (χ2v) is 5.64. The molecule has 0 aromatic heterocycles. The summed E-state index contributed by atoms with van der Waals surface area (Å²) in [5.41, 5.74) is 0.939. The molecule has 108 valence electrons. The first-order chi connectivity index (χ1) is 9.52. The highest BCUT2D eigenvalue weighted by molar-refractivity contribution is 6.30. The Morgan fingerprint density at radius 3 is 2.85 bits per heavy atom. The fourth-order valence-electron chi connectivity index (χ4n) is 2.47. The Labute approximate surface area is 124 Å². The third-order valence-corrected chi connectivity index (χ3v) is 4.00. The summed E-state index contributed by atoms with van der Waals surface area (Å²) in [4.78, 5) is 25.9. The highest BCUT2D eigenvalue weighted by Crippen LogP contribution is 2.21. The Morgan fingerprint density at radius 2 is 2.20 bits per heavy atom. The van der Waals surface area contributed by atoms with Crippen LogP contribution in [-0.2, 0) is 16.1 Å². The van der Waals surface area contributed by atoms with Gasteiger partial charge in [0.2, 0.25) is 11.8 Å². The molecule has 0 bridgehead atoms. The van der Waals surface area contributed by atoms with Crippen molar-refractivity contribution in [3.63, 3.8) is 0 Å². The molecule has 0 aliphatic carbocycles. The molecule has 1 N–H and O–H groups in total. The maximum Gasteiger partial charge on any atom is 0.243 e. The fraction of sp³-hybridized carbons (Fsp3) is 0.467. The largest absolute Gasteiger partial charge is 0.345 e. The van der Waals surface area contributed by atoms with Crippen LogP contribution in [0.15, 0.2) is 24.3 Å². The number of nitrogens with one attached hydrogen (secondary N) is 1. The van der Waals surface area contributed by atoms with Crippen LogP contribution in [0.2, 0.25) is 5.02 Å². The van der Waals surface area contributed by atoms with Crippen LogP contribution in [0.5, 0.6) is 0 Å². The molecule has 1 aromatic carbocycles. The molecule has 2 unspecified atom stereocenters. The number of amides is 2. The van der Waals surface area contributed by atoms with Crippen molar-refractivity contribution in [1.82, 2.24) is 10.2 Å². The van der Waals surface area contributed by atoms with E-state index in [9.17, 15) is 9.59 Å². The monoisotopic (exact) mass is 294 g/mol. The van der Waals surface area contributed by atoms with E-state index in [4.69, 9.17) is 11.6 Å². The van der Waals surface area contributed by atoms with E-state index in [1.165, 1.54) is 0 Å². The second-order valence-electron chi connectivity index (χ2n) is 5.20. The lowest BCUT2D eigenvalue weighted by Gasteiger charge is -2.38. The van der Waals surface area contributed by atoms with E-state index in [-0.39, 0.29) is 24.3 Å². The van der Waals surface area contributed by atoms with Crippen molar-refractivity contribution >= 4 is 23.4 Å². The van der Waals surface area contributed by atoms with Gasteiger partial charge in [-0.15, -0.1) is 0 Å². The van der Waals surface area contributed by atoms with Gasteiger partial charge >= 0.3 is 0 Å². The van der Waals surface area contributed by atoms with Gasteiger partial charge in [-0.3, -0.25) is 9.59 Å². The summed E-state index contributed by atoms with van der Waals surface area (Å²) in [6.07, 6.45) is 0.845. The van der Waals surface area contributed by atoms with Crippen LogP contribution in [0.25, 0.3) is 0 Å². The van der Waals surface area contributed by atoms with Crippen molar-refractivity contribution in [2.24, 2.45) is 5.92 Å². The summed E-state index contributed by atoms with van der Waals surface area (Å²) in [7, 11) is 0. The molecule has 1 heterocycles. The number of hydrogen-bond acceptors (Lipinski definition) is 2. The molecule has 1 aliphatic heterocycles. The molecule has 0 radical (unpaired) electrons. The van der Waals surface area contributed by atoms with Gasteiger partial charge in [0.15, 0.2) is 0 Å². The smallest absolute Gasteiger partial charge is 0.243 e. The minimum absolute atomic E-state index is 0.0464. The van der Waals surface area contributed by atoms with E-state index in [0.29, 0.717) is 11.6 Å². The fourth-order valence-corrected chi connectivity index (χ4v) is 2.69. The lowest BCUT2D eigenvalue weighted by atomic mass is 9.94. The molecule has 1 aromatic rings. The predicted molar refractivity (Wildman–Crippen MR) is 78.3 cm³/mol. The quantitative estimate of drug-likeness (QED) is 0.925. The average Bonchev–Trinajstić information content (AvgIpc) is 2.42. The Balaban J connectivity index is 2.24. The molecule has 20 heavy (non-hydrogen) atoms. The number of hydrogen-bond donors (Lipinski definition) is 1. The van der Waals surface area contributed by atoms with E-state index in [0.717, 1.165) is 12.0 Å². The number of carbonyl (C=O) groups is 2. The van der Waals surface area contributed by atoms with Crippen molar-refractivity contribution in [2.75, 3.05) is 6.54 Å². The van der Waals surface area contributed by atoms with E-state index in [1.54, 1.807) is 11.0 Å². The Kier molecular flexibility index (Phi) is 4.65. The molecule has 1 aliphatic rings. The van der Waals surface area contributed by atoms with E-state index in [2.05, 4.69) is 5.32 Å². The molecule has 1 saturated heterocycles. The van der Waals surface area contributed by atoms with Crippen LogP contribution in [0, 0.1) is 5.92 Å². The molecule has 0 saturated carbocycles. The second kappa shape index (κ2) is 6.27. The van der Waals surface area contributed by atoms with Crippen LogP contribution < -0.4 is 5.32 Å². The van der Waals surface area contributed by atoms with Crippen molar-refractivity contribution in [3.05, 3.63) is 34.9 Å². The van der Waals surface area contributed by atoms with E-state index in [1.807, 2.05) is 32.0 Å². The molecule has 5 heteroatoms. The summed E-state index contributed by atoms with van der Waals surface area (Å²) in [6.45, 7) is 4.51. The van der Waals surface area contributed by atoms with Crippen molar-refractivity contribution in [2.45, 2.75) is 32.9 Å². The summed E-state index contributed by atoms with van der Waals surface area (Å²) in [5, 5.41) is 3.30. The van der Waals surface area contributed by atoms with E-state index < -0.39 is 6.04 Å². The standard InChI is InChI=1S/C15H19ClN2O2/c1-3-10(2)14-15(20)17-8-13(19)18(14)9-11-5-4-6-12(16)7-11/h4-7,10,14H,3,8-9H2,1-2H3,(H,17,20). The number of nitrogens with zero attached hydrogens (tertiary/aromatic N) is 1. The van der Waals surface area contributed by atoms with Gasteiger partial charge in [-0.2, -0.15) is 0 Å². The van der Waals surface area contributed by atoms with Gasteiger partial charge in [0.1, 0.15) is 6.04 Å². The number of halogens is 1. The van der Waals surface area contributed by atoms with Crippen LogP contribution in [0.3, 0.4) is 0 Å². The molecule has 2 atom stereocenters. The summed E-state index contributed by atoms with van der Waals surface area (Å²) >= 11 is 5.97.